The number of benzene rings is 2. The molecule has 2 N–H and O–H groups in total. The number of carbonyl (C=O) groups excluding carboxylic acids is 1. The van der Waals surface area contributed by atoms with Crippen LogP contribution in [-0.4, -0.2) is 38.5 Å². The molecular formula is C18H17ClFN5OS. The Hall–Kier alpha value is -2.58. The number of nitrogens with two attached hydrogens (primary N) is 1. The zero-order chi connectivity index (χ0) is 19.4. The topological polar surface area (TPSA) is 77.0 Å². The number of thioether (sulfide) groups is 1. The molecule has 3 rings (SSSR count). The third-order valence-corrected chi connectivity index (χ3v) is 5.03. The molecule has 0 saturated carbocycles. The molecular weight excluding hydrogens is 389 g/mol. The molecule has 0 aliphatic carbocycles. The highest BCUT2D eigenvalue weighted by Crippen LogP contribution is 2.24. The lowest BCUT2D eigenvalue weighted by Crippen LogP contribution is -2.28. The van der Waals surface area contributed by atoms with Crippen LogP contribution in [0.5, 0.6) is 0 Å². The fourth-order valence-electron chi connectivity index (χ4n) is 2.41. The van der Waals surface area contributed by atoms with Crippen molar-refractivity contribution in [3.63, 3.8) is 0 Å². The van der Waals surface area contributed by atoms with E-state index in [0.29, 0.717) is 21.6 Å². The van der Waals surface area contributed by atoms with E-state index in [9.17, 15) is 9.18 Å². The number of nitrogens with zero attached hydrogens (tertiary/aromatic N) is 4. The largest absolute Gasteiger partial charge is 0.341 e. The van der Waals surface area contributed by atoms with Crippen LogP contribution in [0.25, 0.3) is 11.4 Å². The summed E-state index contributed by atoms with van der Waals surface area (Å²) in [7, 11) is 1.62. The molecule has 0 spiro atoms. The van der Waals surface area contributed by atoms with Gasteiger partial charge in [-0.05, 0) is 18.2 Å². The first-order valence-electron chi connectivity index (χ1n) is 8.02. The molecule has 0 saturated heterocycles. The predicted octanol–water partition coefficient (Wildman–Crippen LogP) is 3.20. The van der Waals surface area contributed by atoms with E-state index in [1.807, 2.05) is 6.07 Å². The lowest BCUT2D eigenvalue weighted by Gasteiger charge is -2.17. The van der Waals surface area contributed by atoms with Gasteiger partial charge in [0, 0.05) is 29.7 Å². The summed E-state index contributed by atoms with van der Waals surface area (Å²) in [5.41, 5.74) is 1.19. The number of aromatic nitrogens is 3. The predicted molar refractivity (Wildman–Crippen MR) is 104 cm³/mol. The molecule has 0 unspecified atom stereocenters. The number of amides is 1. The fourth-order valence-corrected chi connectivity index (χ4v) is 3.39. The van der Waals surface area contributed by atoms with Crippen molar-refractivity contribution in [2.75, 3.05) is 18.6 Å². The van der Waals surface area contributed by atoms with Gasteiger partial charge in [0.15, 0.2) is 5.82 Å². The van der Waals surface area contributed by atoms with Crippen molar-refractivity contribution in [2.24, 2.45) is 0 Å². The minimum atomic E-state index is -0.335. The monoisotopic (exact) mass is 405 g/mol. The molecule has 1 aromatic heterocycles. The summed E-state index contributed by atoms with van der Waals surface area (Å²) in [5, 5.41) is 9.06. The SMILES string of the molecule is CN(Cc1ccccc1F)C(=O)CSc1nnc(-c2cccc(Cl)c2)n1N. The molecule has 1 amide bonds. The summed E-state index contributed by atoms with van der Waals surface area (Å²) in [6, 6.07) is 13.5. The van der Waals surface area contributed by atoms with E-state index in [-0.39, 0.29) is 24.0 Å². The Morgan fingerprint density at radius 2 is 2.04 bits per heavy atom. The van der Waals surface area contributed by atoms with E-state index in [2.05, 4.69) is 10.2 Å². The molecule has 0 fully saturated rings. The Morgan fingerprint density at radius 1 is 1.26 bits per heavy atom. The summed E-state index contributed by atoms with van der Waals surface area (Å²) in [6.07, 6.45) is 0. The minimum absolute atomic E-state index is 0.107. The molecule has 0 atom stereocenters. The molecule has 0 radical (unpaired) electrons. The molecule has 0 aliphatic heterocycles. The molecule has 140 valence electrons. The van der Waals surface area contributed by atoms with Crippen LogP contribution >= 0.6 is 23.4 Å². The van der Waals surface area contributed by atoms with Crippen molar-refractivity contribution in [1.82, 2.24) is 19.8 Å². The molecule has 6 nitrogen and oxygen atoms in total. The highest BCUT2D eigenvalue weighted by molar-refractivity contribution is 7.99. The summed E-state index contributed by atoms with van der Waals surface area (Å²) in [4.78, 5) is 13.8. The Bertz CT molecular complexity index is 964. The third kappa shape index (κ3) is 4.58. The number of rotatable bonds is 6. The van der Waals surface area contributed by atoms with Crippen LogP contribution in [-0.2, 0) is 11.3 Å². The molecule has 9 heteroatoms. The number of hydrogen-bond acceptors (Lipinski definition) is 5. The van der Waals surface area contributed by atoms with E-state index in [0.717, 1.165) is 17.3 Å². The van der Waals surface area contributed by atoms with Gasteiger partial charge < -0.3 is 10.7 Å². The Balaban J connectivity index is 1.63. The first kappa shape index (κ1) is 19.2. The summed E-state index contributed by atoms with van der Waals surface area (Å²) in [6.45, 7) is 0.190. The van der Waals surface area contributed by atoms with Gasteiger partial charge in [0.2, 0.25) is 11.1 Å². The van der Waals surface area contributed by atoms with Crippen molar-refractivity contribution in [3.05, 3.63) is 64.9 Å². The van der Waals surface area contributed by atoms with Gasteiger partial charge in [0.05, 0.1) is 5.75 Å². The average molecular weight is 406 g/mol. The Labute approximate surface area is 165 Å². The fraction of sp³-hybridized carbons (Fsp3) is 0.167. The van der Waals surface area contributed by atoms with Gasteiger partial charge in [-0.25, -0.2) is 9.07 Å². The van der Waals surface area contributed by atoms with Crippen LogP contribution < -0.4 is 5.84 Å². The zero-order valence-electron chi connectivity index (χ0n) is 14.5. The van der Waals surface area contributed by atoms with E-state index in [1.165, 1.54) is 15.6 Å². The number of hydrogen-bond donors (Lipinski definition) is 1. The van der Waals surface area contributed by atoms with E-state index >= 15 is 0 Å². The van der Waals surface area contributed by atoms with Crippen molar-refractivity contribution >= 4 is 29.3 Å². The third-order valence-electron chi connectivity index (χ3n) is 3.86. The molecule has 3 aromatic rings. The van der Waals surface area contributed by atoms with E-state index in [1.54, 1.807) is 43.4 Å². The summed E-state index contributed by atoms with van der Waals surface area (Å²) < 4.78 is 15.0. The zero-order valence-corrected chi connectivity index (χ0v) is 16.0. The minimum Gasteiger partial charge on any atom is -0.341 e. The second-order valence-corrected chi connectivity index (χ2v) is 7.20. The lowest BCUT2D eigenvalue weighted by atomic mass is 10.2. The van der Waals surface area contributed by atoms with Crippen molar-refractivity contribution in [1.29, 1.82) is 0 Å². The Morgan fingerprint density at radius 3 is 2.78 bits per heavy atom. The molecule has 0 aliphatic rings. The molecule has 1 heterocycles. The van der Waals surface area contributed by atoms with Crippen LogP contribution in [0, 0.1) is 5.82 Å². The van der Waals surface area contributed by atoms with Crippen LogP contribution in [0.3, 0.4) is 0 Å². The van der Waals surface area contributed by atoms with Crippen molar-refractivity contribution in [3.8, 4) is 11.4 Å². The maximum atomic E-state index is 13.7. The molecule has 27 heavy (non-hydrogen) atoms. The smallest absolute Gasteiger partial charge is 0.233 e. The molecule has 2 aromatic carbocycles. The van der Waals surface area contributed by atoms with Crippen LogP contribution in [0.15, 0.2) is 53.7 Å². The summed E-state index contributed by atoms with van der Waals surface area (Å²) in [5.74, 6) is 6.10. The van der Waals surface area contributed by atoms with Crippen molar-refractivity contribution in [2.45, 2.75) is 11.7 Å². The number of halogens is 2. The standard InChI is InChI=1S/C18H17ClFN5OS/c1-24(10-13-5-2-3-8-15(13)20)16(26)11-27-18-23-22-17(25(18)21)12-6-4-7-14(19)9-12/h2-9H,10-11,21H2,1H3. The number of nitrogen functional groups attached to an aromatic ring is 1. The van der Waals surface area contributed by atoms with Crippen molar-refractivity contribution < 1.29 is 9.18 Å². The maximum absolute atomic E-state index is 13.7. The van der Waals surface area contributed by atoms with E-state index in [4.69, 9.17) is 17.4 Å². The average Bonchev–Trinajstić information content (AvgIpc) is 3.02. The van der Waals surface area contributed by atoms with Gasteiger partial charge in [-0.15, -0.1) is 10.2 Å². The first-order valence-corrected chi connectivity index (χ1v) is 9.38. The van der Waals surface area contributed by atoms with E-state index < -0.39 is 0 Å². The second-order valence-electron chi connectivity index (χ2n) is 5.82. The maximum Gasteiger partial charge on any atom is 0.233 e. The van der Waals surface area contributed by atoms with Gasteiger partial charge in [-0.2, -0.15) is 0 Å². The normalized spacial score (nSPS) is 10.8. The molecule has 0 bridgehead atoms. The van der Waals surface area contributed by atoms with Crippen LogP contribution in [0.4, 0.5) is 4.39 Å². The van der Waals surface area contributed by atoms with Gasteiger partial charge in [-0.1, -0.05) is 53.7 Å². The van der Waals surface area contributed by atoms with Crippen LogP contribution in [0.1, 0.15) is 5.56 Å². The second kappa shape index (κ2) is 8.41. The summed E-state index contributed by atoms with van der Waals surface area (Å²) >= 11 is 7.15. The van der Waals surface area contributed by atoms with Gasteiger partial charge in [0.1, 0.15) is 5.82 Å². The first-order chi connectivity index (χ1) is 13.0. The Kier molecular flexibility index (Phi) is 5.98. The number of carbonyl (C=O) groups is 1. The lowest BCUT2D eigenvalue weighted by molar-refractivity contribution is -0.127. The van der Waals surface area contributed by atoms with Gasteiger partial charge in [-0.3, -0.25) is 4.79 Å². The van der Waals surface area contributed by atoms with Gasteiger partial charge in [0.25, 0.3) is 0 Å². The van der Waals surface area contributed by atoms with Gasteiger partial charge >= 0.3 is 0 Å². The highest BCUT2D eigenvalue weighted by atomic mass is 35.5. The highest BCUT2D eigenvalue weighted by Gasteiger charge is 2.16. The quantitative estimate of drug-likeness (QED) is 0.503. The van der Waals surface area contributed by atoms with Crippen LogP contribution in [0.2, 0.25) is 5.02 Å².